The summed E-state index contributed by atoms with van der Waals surface area (Å²) in [6.45, 7) is 6.87. The van der Waals surface area contributed by atoms with E-state index in [1.807, 2.05) is 0 Å². The van der Waals surface area contributed by atoms with E-state index >= 15 is 0 Å². The monoisotopic (exact) mass is 312 g/mol. The quantitative estimate of drug-likeness (QED) is 0.199. The first kappa shape index (κ1) is 21.2. The molecule has 1 heteroatoms. The van der Waals surface area contributed by atoms with Crippen LogP contribution in [0.5, 0.6) is 0 Å². The Labute approximate surface area is 136 Å². The second-order valence-corrected chi connectivity index (χ2v) is 8.73. The van der Waals surface area contributed by atoms with Crippen molar-refractivity contribution in [3.8, 4) is 0 Å². The van der Waals surface area contributed by atoms with E-state index in [1.54, 1.807) is 0 Å². The van der Waals surface area contributed by atoms with E-state index in [1.165, 1.54) is 95.8 Å². The first-order valence-corrected chi connectivity index (χ1v) is 11.5. The summed E-state index contributed by atoms with van der Waals surface area (Å²) in [7, 11) is 0.204. The molecule has 0 spiro atoms. The first-order valence-electron chi connectivity index (χ1n) is 9.75. The van der Waals surface area contributed by atoms with Gasteiger partial charge in [-0.3, -0.25) is 0 Å². The van der Waals surface area contributed by atoms with E-state index in [0.717, 1.165) is 0 Å². The van der Waals surface area contributed by atoms with Crippen LogP contribution in [0.3, 0.4) is 0 Å². The number of hydrogen-bond acceptors (Lipinski definition) is 0. The van der Waals surface area contributed by atoms with E-state index < -0.39 is 0 Å². The third-order valence-electron chi connectivity index (χ3n) is 4.15. The van der Waals surface area contributed by atoms with Gasteiger partial charge in [0.05, 0.1) is 0 Å². The van der Waals surface area contributed by atoms with Crippen molar-refractivity contribution in [3.63, 3.8) is 0 Å². The average molecular weight is 313 g/mol. The van der Waals surface area contributed by atoms with Crippen LogP contribution in [0.25, 0.3) is 0 Å². The van der Waals surface area contributed by atoms with Crippen LogP contribution in [0, 0.1) is 0 Å². The molecule has 0 bridgehead atoms. The molecule has 0 heterocycles. The lowest BCUT2D eigenvalue weighted by Crippen LogP contribution is -1.91. The lowest BCUT2D eigenvalue weighted by molar-refractivity contribution is 0.622. The molecule has 0 rings (SSSR count). The summed E-state index contributed by atoms with van der Waals surface area (Å²) in [5, 5.41) is 0. The Balaban J connectivity index is 3.64. The van der Waals surface area contributed by atoms with Gasteiger partial charge in [-0.1, -0.05) is 105 Å². The van der Waals surface area contributed by atoms with Gasteiger partial charge in [0, 0.05) is 0 Å². The van der Waals surface area contributed by atoms with Crippen molar-refractivity contribution in [2.24, 2.45) is 0 Å². The fourth-order valence-electron chi connectivity index (χ4n) is 2.71. The predicted octanol–water partition coefficient (Wildman–Crippen LogP) is 8.11. The summed E-state index contributed by atoms with van der Waals surface area (Å²) in [6, 6.07) is 0. The van der Waals surface area contributed by atoms with Gasteiger partial charge in [0.1, 0.15) is 0 Å². The molecule has 126 valence electrons. The van der Waals surface area contributed by atoms with Crippen LogP contribution in [0.1, 0.15) is 104 Å². The zero-order valence-electron chi connectivity index (χ0n) is 15.2. The molecule has 0 N–H and O–H groups in total. The molecule has 21 heavy (non-hydrogen) atoms. The molecule has 0 aromatic rings. The minimum absolute atomic E-state index is 0.204. The van der Waals surface area contributed by atoms with Crippen molar-refractivity contribution in [2.75, 3.05) is 12.3 Å². The maximum Gasteiger partial charge on any atom is -0.0291 e. The molecular formula is C20H41P. The molecular weight excluding hydrogens is 271 g/mol. The molecule has 0 atom stereocenters. The van der Waals surface area contributed by atoms with Gasteiger partial charge in [-0.15, -0.1) is 0 Å². The van der Waals surface area contributed by atoms with Crippen molar-refractivity contribution in [2.45, 2.75) is 104 Å². The second kappa shape index (κ2) is 18.2. The standard InChI is InChI=1S/C20H41P/c1-4-7-10-12-14-16-19-21(18-9-6-3)20-17-15-13-11-8-5-2/h9,18H,4-8,10-17,19-20H2,1-3H3. The highest BCUT2D eigenvalue weighted by atomic mass is 31.1. The van der Waals surface area contributed by atoms with Gasteiger partial charge >= 0.3 is 0 Å². The average Bonchev–Trinajstić information content (AvgIpc) is 2.50. The van der Waals surface area contributed by atoms with Crippen molar-refractivity contribution in [3.05, 3.63) is 11.9 Å². The smallest absolute Gasteiger partial charge is 0.0291 e. The lowest BCUT2D eigenvalue weighted by Gasteiger charge is -2.13. The van der Waals surface area contributed by atoms with E-state index in [4.69, 9.17) is 0 Å². The summed E-state index contributed by atoms with van der Waals surface area (Å²) in [5.41, 5.74) is 0. The van der Waals surface area contributed by atoms with Crippen LogP contribution in [-0.2, 0) is 0 Å². The van der Waals surface area contributed by atoms with Gasteiger partial charge in [-0.25, -0.2) is 0 Å². The third-order valence-corrected chi connectivity index (χ3v) is 6.56. The van der Waals surface area contributed by atoms with E-state index in [2.05, 4.69) is 32.7 Å². The zero-order chi connectivity index (χ0) is 15.6. The van der Waals surface area contributed by atoms with E-state index in [9.17, 15) is 0 Å². The number of rotatable bonds is 16. The predicted molar refractivity (Wildman–Crippen MR) is 103 cm³/mol. The molecule has 0 aliphatic heterocycles. The van der Waals surface area contributed by atoms with Crippen LogP contribution in [0.2, 0.25) is 0 Å². The van der Waals surface area contributed by atoms with Crippen LogP contribution >= 0.6 is 7.92 Å². The minimum atomic E-state index is 0.204. The molecule has 0 nitrogen and oxygen atoms in total. The minimum Gasteiger partial charge on any atom is -0.0843 e. The molecule has 0 aromatic heterocycles. The SMILES string of the molecule is CCC=CP(CCCCCCCC)CCCCCCCC. The summed E-state index contributed by atoms with van der Waals surface area (Å²) in [4.78, 5) is 0. The normalized spacial score (nSPS) is 11.8. The summed E-state index contributed by atoms with van der Waals surface area (Å²) in [5.74, 6) is 2.58. The zero-order valence-corrected chi connectivity index (χ0v) is 16.1. The van der Waals surface area contributed by atoms with Crippen molar-refractivity contribution < 1.29 is 0 Å². The van der Waals surface area contributed by atoms with Crippen molar-refractivity contribution in [1.29, 1.82) is 0 Å². The largest absolute Gasteiger partial charge is 0.0843 e. The highest BCUT2D eigenvalue weighted by molar-refractivity contribution is 7.60. The fourth-order valence-corrected chi connectivity index (χ4v) is 5.00. The van der Waals surface area contributed by atoms with Crippen molar-refractivity contribution >= 4 is 7.92 Å². The van der Waals surface area contributed by atoms with Gasteiger partial charge in [-0.2, -0.15) is 0 Å². The third kappa shape index (κ3) is 16.4. The molecule has 0 unspecified atom stereocenters. The maximum atomic E-state index is 2.58. The highest BCUT2D eigenvalue weighted by Gasteiger charge is 2.04. The van der Waals surface area contributed by atoms with E-state index in [0.29, 0.717) is 0 Å². The Kier molecular flexibility index (Phi) is 18.4. The van der Waals surface area contributed by atoms with E-state index in [-0.39, 0.29) is 7.92 Å². The van der Waals surface area contributed by atoms with Crippen LogP contribution < -0.4 is 0 Å². The van der Waals surface area contributed by atoms with Gasteiger partial charge in [0.15, 0.2) is 0 Å². The Bertz CT molecular complexity index is 194. The summed E-state index contributed by atoms with van der Waals surface area (Å²) in [6.07, 6.45) is 23.9. The Hall–Kier alpha value is 0.170. The molecule has 0 saturated carbocycles. The number of hydrogen-bond donors (Lipinski definition) is 0. The topological polar surface area (TPSA) is 0 Å². The molecule has 0 fully saturated rings. The lowest BCUT2D eigenvalue weighted by atomic mass is 10.1. The van der Waals surface area contributed by atoms with Crippen molar-refractivity contribution in [1.82, 2.24) is 0 Å². The molecule has 0 amide bonds. The van der Waals surface area contributed by atoms with Gasteiger partial charge in [0.2, 0.25) is 0 Å². The summed E-state index contributed by atoms with van der Waals surface area (Å²) >= 11 is 0. The molecule has 0 saturated heterocycles. The Morgan fingerprint density at radius 1 is 0.571 bits per heavy atom. The fraction of sp³-hybridized carbons (Fsp3) is 0.900. The van der Waals surface area contributed by atoms with Crippen LogP contribution in [0.4, 0.5) is 0 Å². The molecule has 0 radical (unpaired) electrons. The highest BCUT2D eigenvalue weighted by Crippen LogP contribution is 2.39. The molecule has 0 aliphatic carbocycles. The van der Waals surface area contributed by atoms with Gasteiger partial charge in [-0.05, 0) is 31.6 Å². The Morgan fingerprint density at radius 3 is 1.43 bits per heavy atom. The summed E-state index contributed by atoms with van der Waals surface area (Å²) < 4.78 is 0. The van der Waals surface area contributed by atoms with Crippen LogP contribution in [-0.4, -0.2) is 12.3 Å². The Morgan fingerprint density at radius 2 is 1.00 bits per heavy atom. The maximum absolute atomic E-state index is 2.58. The van der Waals surface area contributed by atoms with Gasteiger partial charge in [0.25, 0.3) is 0 Å². The van der Waals surface area contributed by atoms with Crippen LogP contribution in [0.15, 0.2) is 11.9 Å². The number of unbranched alkanes of at least 4 members (excludes halogenated alkanes) is 10. The molecule has 0 aromatic carbocycles. The number of allylic oxidation sites excluding steroid dienone is 1. The van der Waals surface area contributed by atoms with Gasteiger partial charge < -0.3 is 0 Å². The second-order valence-electron chi connectivity index (χ2n) is 6.36. The first-order chi connectivity index (χ1) is 10.3. The molecule has 0 aliphatic rings.